The Labute approximate surface area is 138 Å². The van der Waals surface area contributed by atoms with E-state index in [1.807, 2.05) is 17.1 Å². The van der Waals surface area contributed by atoms with Crippen LogP contribution in [0.25, 0.3) is 5.69 Å². The van der Waals surface area contributed by atoms with Crippen LogP contribution in [0, 0.1) is 26.2 Å². The number of hydrogen-bond donors (Lipinski definition) is 0. The Balaban J connectivity index is 1.94. The lowest BCUT2D eigenvalue weighted by Crippen LogP contribution is -2.41. The molecule has 2 aromatic rings. The van der Waals surface area contributed by atoms with Crippen LogP contribution in [0.5, 0.6) is 0 Å². The Morgan fingerprint density at radius 1 is 1.17 bits per heavy atom. The molecule has 4 heteroatoms. The molecule has 0 amide bonds. The first-order chi connectivity index (χ1) is 10.8. The van der Waals surface area contributed by atoms with Crippen molar-refractivity contribution < 1.29 is 9.30 Å². The molecule has 1 aromatic carbocycles. The van der Waals surface area contributed by atoms with Crippen molar-refractivity contribution >= 4 is 6.02 Å². The third kappa shape index (κ3) is 3.03. The Kier molecular flexibility index (Phi) is 3.78. The minimum Gasteiger partial charge on any atom is -0.437 e. The van der Waals surface area contributed by atoms with Crippen LogP contribution < -0.4 is 4.57 Å². The summed E-state index contributed by atoms with van der Waals surface area (Å²) >= 11 is 0. The highest BCUT2D eigenvalue weighted by atomic mass is 16.5. The predicted octanol–water partition coefficient (Wildman–Crippen LogP) is 3.34. The highest BCUT2D eigenvalue weighted by molar-refractivity contribution is 5.66. The number of imidazole rings is 1. The smallest absolute Gasteiger partial charge is 0.433 e. The zero-order valence-electron chi connectivity index (χ0n) is 14.9. The normalized spacial score (nSPS) is 18.0. The predicted molar refractivity (Wildman–Crippen MR) is 92.2 cm³/mol. The summed E-state index contributed by atoms with van der Waals surface area (Å²) in [5.41, 5.74) is 5.18. The number of aliphatic imine (C=N–C) groups is 1. The van der Waals surface area contributed by atoms with Gasteiger partial charge in [-0.25, -0.2) is 4.57 Å². The van der Waals surface area contributed by atoms with Gasteiger partial charge in [0.25, 0.3) is 0 Å². The summed E-state index contributed by atoms with van der Waals surface area (Å²) in [4.78, 5) is 4.74. The van der Waals surface area contributed by atoms with Crippen molar-refractivity contribution in [1.29, 1.82) is 0 Å². The largest absolute Gasteiger partial charge is 0.437 e. The third-order valence-electron chi connectivity index (χ3n) is 4.39. The topological polar surface area (TPSA) is 30.4 Å². The van der Waals surface area contributed by atoms with Crippen molar-refractivity contribution in [3.63, 3.8) is 0 Å². The van der Waals surface area contributed by atoms with Gasteiger partial charge in [-0.05, 0) is 31.9 Å². The molecule has 0 saturated heterocycles. The van der Waals surface area contributed by atoms with Crippen LogP contribution >= 0.6 is 0 Å². The first-order valence-corrected chi connectivity index (χ1v) is 8.14. The van der Waals surface area contributed by atoms with E-state index in [0.29, 0.717) is 12.6 Å². The number of benzene rings is 1. The molecule has 0 spiro atoms. The summed E-state index contributed by atoms with van der Waals surface area (Å²) in [7, 11) is 0. The van der Waals surface area contributed by atoms with Crippen molar-refractivity contribution in [2.24, 2.45) is 10.4 Å². The van der Waals surface area contributed by atoms with Gasteiger partial charge >= 0.3 is 6.02 Å². The first kappa shape index (κ1) is 15.8. The van der Waals surface area contributed by atoms with Crippen molar-refractivity contribution in [1.82, 2.24) is 4.57 Å². The lowest BCUT2D eigenvalue weighted by Gasteiger charge is -2.18. The molecular formula is C19H26N3O+. The van der Waals surface area contributed by atoms with Crippen LogP contribution in [0.2, 0.25) is 0 Å². The number of hydrogen-bond acceptors (Lipinski definition) is 2. The molecule has 0 N–H and O–H groups in total. The molecule has 1 aliphatic heterocycles. The van der Waals surface area contributed by atoms with Gasteiger partial charge in [0.05, 0.1) is 6.20 Å². The van der Waals surface area contributed by atoms with Crippen LogP contribution in [-0.4, -0.2) is 23.2 Å². The maximum Gasteiger partial charge on any atom is 0.433 e. The molecule has 3 rings (SSSR count). The Hall–Kier alpha value is -2.10. The van der Waals surface area contributed by atoms with Crippen molar-refractivity contribution in [3.05, 3.63) is 47.5 Å². The fraction of sp³-hybridized carbons (Fsp3) is 0.474. The van der Waals surface area contributed by atoms with Gasteiger partial charge in [-0.3, -0.25) is 0 Å². The second-order valence-electron chi connectivity index (χ2n) is 7.58. The number of rotatable bonds is 1. The van der Waals surface area contributed by atoms with Gasteiger partial charge in [0.15, 0.2) is 6.04 Å². The van der Waals surface area contributed by atoms with E-state index < -0.39 is 0 Å². The van der Waals surface area contributed by atoms with Crippen molar-refractivity contribution in [2.75, 3.05) is 6.61 Å². The molecular weight excluding hydrogens is 286 g/mol. The maximum atomic E-state index is 5.81. The average molecular weight is 312 g/mol. The van der Waals surface area contributed by atoms with E-state index in [0.717, 1.165) is 0 Å². The molecule has 122 valence electrons. The Morgan fingerprint density at radius 2 is 1.83 bits per heavy atom. The van der Waals surface area contributed by atoms with Crippen LogP contribution in [0.3, 0.4) is 0 Å². The fourth-order valence-corrected chi connectivity index (χ4v) is 3.13. The molecule has 0 saturated carbocycles. The van der Waals surface area contributed by atoms with Gasteiger partial charge in [-0.1, -0.05) is 38.5 Å². The minimum absolute atomic E-state index is 0.120. The molecule has 0 unspecified atom stereocenters. The van der Waals surface area contributed by atoms with E-state index in [4.69, 9.17) is 9.73 Å². The van der Waals surface area contributed by atoms with Gasteiger partial charge in [0.2, 0.25) is 6.33 Å². The molecule has 23 heavy (non-hydrogen) atoms. The maximum absolute atomic E-state index is 5.81. The highest BCUT2D eigenvalue weighted by Crippen LogP contribution is 2.25. The quantitative estimate of drug-likeness (QED) is 0.743. The molecule has 1 aromatic heterocycles. The molecule has 0 radical (unpaired) electrons. The Bertz CT molecular complexity index is 742. The minimum atomic E-state index is 0.120. The first-order valence-electron chi connectivity index (χ1n) is 8.14. The lowest BCUT2D eigenvalue weighted by molar-refractivity contribution is -0.569. The summed E-state index contributed by atoms with van der Waals surface area (Å²) in [6.07, 6.45) is 6.10. The van der Waals surface area contributed by atoms with Crippen molar-refractivity contribution in [3.8, 4) is 5.69 Å². The molecule has 1 aliphatic rings. The number of ether oxygens (including phenoxy) is 1. The van der Waals surface area contributed by atoms with Crippen LogP contribution in [0.1, 0.15) is 37.5 Å². The summed E-state index contributed by atoms with van der Waals surface area (Å²) in [5.74, 6) is 0. The molecule has 1 atom stereocenters. The number of aryl methyl sites for hydroxylation is 3. The van der Waals surface area contributed by atoms with Crippen LogP contribution in [0.4, 0.5) is 0 Å². The van der Waals surface area contributed by atoms with E-state index in [2.05, 4.69) is 64.4 Å². The monoisotopic (exact) mass is 312 g/mol. The Morgan fingerprint density at radius 3 is 2.39 bits per heavy atom. The molecule has 4 nitrogen and oxygen atoms in total. The van der Waals surface area contributed by atoms with Crippen molar-refractivity contribution in [2.45, 2.75) is 47.6 Å². The van der Waals surface area contributed by atoms with Crippen LogP contribution in [-0.2, 0) is 4.74 Å². The SMILES string of the molecule is Cc1cc(C)c(-n2cc[n+](C3=N[C@@H](C(C)(C)C)CO3)c2)c(C)c1. The second kappa shape index (κ2) is 5.52. The van der Waals surface area contributed by atoms with Gasteiger partial charge in [0.1, 0.15) is 18.5 Å². The van der Waals surface area contributed by atoms with E-state index in [-0.39, 0.29) is 11.5 Å². The second-order valence-corrected chi connectivity index (χ2v) is 7.58. The summed E-state index contributed by atoms with van der Waals surface area (Å²) in [6.45, 7) is 13.7. The zero-order chi connectivity index (χ0) is 16.8. The summed E-state index contributed by atoms with van der Waals surface area (Å²) in [5, 5.41) is 0. The van der Waals surface area contributed by atoms with Gasteiger partial charge in [0, 0.05) is 5.41 Å². The van der Waals surface area contributed by atoms with E-state index in [9.17, 15) is 0 Å². The third-order valence-corrected chi connectivity index (χ3v) is 4.39. The molecule has 0 fully saturated rings. The molecule has 2 heterocycles. The van der Waals surface area contributed by atoms with Crippen LogP contribution in [0.15, 0.2) is 35.8 Å². The summed E-state index contributed by atoms with van der Waals surface area (Å²) in [6, 6.07) is 5.32. The number of aromatic nitrogens is 2. The fourth-order valence-electron chi connectivity index (χ4n) is 3.13. The average Bonchev–Trinajstić information content (AvgIpc) is 3.04. The number of nitrogens with zero attached hydrogens (tertiary/aromatic N) is 3. The highest BCUT2D eigenvalue weighted by Gasteiger charge is 2.36. The zero-order valence-corrected chi connectivity index (χ0v) is 14.9. The van der Waals surface area contributed by atoms with E-state index in [1.165, 1.54) is 22.4 Å². The summed E-state index contributed by atoms with van der Waals surface area (Å²) < 4.78 is 9.91. The lowest BCUT2D eigenvalue weighted by atomic mass is 9.88. The van der Waals surface area contributed by atoms with Gasteiger partial charge in [-0.15, -0.1) is 4.99 Å². The molecule has 0 bridgehead atoms. The standard InChI is InChI=1S/C19H26N3O/c1-13-9-14(2)17(15(3)10-13)21-7-8-22(12-21)18-20-16(11-23-18)19(4,5)6/h7-10,12,16H,11H2,1-6H3/q+1/t16-/m1/s1. The molecule has 0 aliphatic carbocycles. The van der Waals surface area contributed by atoms with E-state index >= 15 is 0 Å². The van der Waals surface area contributed by atoms with Gasteiger partial charge in [-0.2, -0.15) is 4.57 Å². The van der Waals surface area contributed by atoms with E-state index in [1.54, 1.807) is 0 Å². The van der Waals surface area contributed by atoms with Gasteiger partial charge < -0.3 is 4.74 Å².